The number of alkyl halides is 3. The molecule has 0 atom stereocenters. The van der Waals surface area contributed by atoms with E-state index in [1.54, 1.807) is 43.3 Å². The summed E-state index contributed by atoms with van der Waals surface area (Å²) in [7, 11) is 0. The largest absolute Gasteiger partial charge is 0.448 e. The van der Waals surface area contributed by atoms with Gasteiger partial charge in [0.1, 0.15) is 6.61 Å². The summed E-state index contributed by atoms with van der Waals surface area (Å²) in [6.45, 7) is 0.398. The summed E-state index contributed by atoms with van der Waals surface area (Å²) in [5.41, 5.74) is 1.91. The lowest BCUT2D eigenvalue weighted by Gasteiger charge is -2.08. The highest BCUT2D eigenvalue weighted by Gasteiger charge is 2.27. The van der Waals surface area contributed by atoms with Crippen LogP contribution in [0.1, 0.15) is 27.2 Å². The van der Waals surface area contributed by atoms with Crippen LogP contribution < -0.4 is 5.32 Å². The van der Waals surface area contributed by atoms with Gasteiger partial charge in [-0.1, -0.05) is 36.4 Å². The first-order chi connectivity index (χ1) is 13.2. The number of furan rings is 1. The van der Waals surface area contributed by atoms with Gasteiger partial charge < -0.3 is 14.5 Å². The van der Waals surface area contributed by atoms with Gasteiger partial charge in [-0.2, -0.15) is 13.2 Å². The lowest BCUT2D eigenvalue weighted by atomic mass is 10.1. The minimum Gasteiger partial charge on any atom is -0.448 e. The summed E-state index contributed by atoms with van der Waals surface area (Å²) in [5.74, 6) is -0.981. The van der Waals surface area contributed by atoms with Gasteiger partial charge in [-0.25, -0.2) is 4.39 Å². The van der Waals surface area contributed by atoms with Crippen molar-refractivity contribution in [2.45, 2.75) is 26.3 Å². The van der Waals surface area contributed by atoms with Crippen LogP contribution in [0.25, 0.3) is 11.0 Å². The number of hydrogen-bond acceptors (Lipinski definition) is 3. The Balaban J connectivity index is 1.59. The SMILES string of the molecule is Cc1c(C(=O)NCc2ccc(COCC(F)(F)F)cc2)oc2c(F)cccc12. The zero-order chi connectivity index (χ0) is 20.3. The van der Waals surface area contributed by atoms with Crippen LogP contribution in [-0.2, 0) is 17.9 Å². The number of aryl methyl sites for hydroxylation is 1. The van der Waals surface area contributed by atoms with Gasteiger partial charge in [0.05, 0.1) is 6.61 Å². The van der Waals surface area contributed by atoms with Crippen LogP contribution in [0.3, 0.4) is 0 Å². The summed E-state index contributed by atoms with van der Waals surface area (Å²) >= 11 is 0. The second-order valence-electron chi connectivity index (χ2n) is 6.28. The molecule has 3 rings (SSSR count). The smallest absolute Gasteiger partial charge is 0.411 e. The molecule has 0 saturated heterocycles. The Morgan fingerprint density at radius 2 is 1.79 bits per heavy atom. The van der Waals surface area contributed by atoms with Crippen molar-refractivity contribution in [2.24, 2.45) is 0 Å². The first-order valence-electron chi connectivity index (χ1n) is 8.43. The molecule has 3 aromatic rings. The Hall–Kier alpha value is -2.87. The van der Waals surface area contributed by atoms with E-state index in [2.05, 4.69) is 10.1 Å². The molecule has 8 heteroatoms. The molecule has 0 aliphatic rings. The van der Waals surface area contributed by atoms with E-state index in [1.165, 1.54) is 6.07 Å². The van der Waals surface area contributed by atoms with E-state index in [9.17, 15) is 22.4 Å². The average Bonchev–Trinajstić information content (AvgIpc) is 2.98. The molecule has 1 N–H and O–H groups in total. The molecule has 2 aromatic carbocycles. The quantitative estimate of drug-likeness (QED) is 0.605. The number of nitrogens with one attached hydrogen (secondary N) is 1. The summed E-state index contributed by atoms with van der Waals surface area (Å²) < 4.78 is 59.9. The number of ether oxygens (including phenoxy) is 1. The molecule has 0 spiro atoms. The molecule has 0 radical (unpaired) electrons. The molecule has 1 amide bonds. The number of amides is 1. The zero-order valence-electron chi connectivity index (χ0n) is 14.9. The molecule has 0 unspecified atom stereocenters. The van der Waals surface area contributed by atoms with Gasteiger partial charge in [0.2, 0.25) is 0 Å². The maximum atomic E-state index is 13.8. The first-order valence-corrected chi connectivity index (χ1v) is 8.43. The van der Waals surface area contributed by atoms with Gasteiger partial charge in [0.15, 0.2) is 17.2 Å². The molecule has 0 aliphatic carbocycles. The van der Waals surface area contributed by atoms with Gasteiger partial charge >= 0.3 is 6.18 Å². The number of para-hydroxylation sites is 1. The molecule has 148 valence electrons. The lowest BCUT2D eigenvalue weighted by molar-refractivity contribution is -0.176. The third-order valence-electron chi connectivity index (χ3n) is 4.13. The van der Waals surface area contributed by atoms with Crippen molar-refractivity contribution in [2.75, 3.05) is 6.61 Å². The van der Waals surface area contributed by atoms with E-state index < -0.39 is 24.5 Å². The average molecular weight is 395 g/mol. The third-order valence-corrected chi connectivity index (χ3v) is 4.13. The maximum Gasteiger partial charge on any atom is 0.411 e. The Labute approximate surface area is 158 Å². The Kier molecular flexibility index (Phi) is 5.69. The minimum absolute atomic E-state index is 0.0355. The molecule has 1 heterocycles. The van der Waals surface area contributed by atoms with Gasteiger partial charge in [0.25, 0.3) is 5.91 Å². The van der Waals surface area contributed by atoms with Crippen molar-refractivity contribution in [3.05, 3.63) is 70.7 Å². The topological polar surface area (TPSA) is 51.5 Å². The van der Waals surface area contributed by atoms with Crippen LogP contribution in [0.5, 0.6) is 0 Å². The number of carbonyl (C=O) groups is 1. The predicted molar refractivity (Wildman–Crippen MR) is 94.2 cm³/mol. The number of hydrogen-bond donors (Lipinski definition) is 1. The molecule has 0 bridgehead atoms. The molecule has 28 heavy (non-hydrogen) atoms. The molecule has 0 saturated carbocycles. The van der Waals surface area contributed by atoms with E-state index in [4.69, 9.17) is 4.42 Å². The van der Waals surface area contributed by atoms with Crippen LogP contribution in [0.15, 0.2) is 46.9 Å². The highest BCUT2D eigenvalue weighted by Crippen LogP contribution is 2.27. The zero-order valence-corrected chi connectivity index (χ0v) is 14.9. The highest BCUT2D eigenvalue weighted by atomic mass is 19.4. The fraction of sp³-hybridized carbons (Fsp3) is 0.250. The summed E-state index contributed by atoms with van der Waals surface area (Å²) in [4.78, 5) is 12.4. The molecular weight excluding hydrogens is 378 g/mol. The second kappa shape index (κ2) is 8.02. The molecule has 1 aromatic heterocycles. The van der Waals surface area contributed by atoms with Crippen molar-refractivity contribution in [3.8, 4) is 0 Å². The molecule has 0 fully saturated rings. The molecular formula is C20H17F4NO3. The normalized spacial score (nSPS) is 11.8. The van der Waals surface area contributed by atoms with Crippen LogP contribution in [0.4, 0.5) is 17.6 Å². The number of halogens is 4. The Morgan fingerprint density at radius 3 is 2.43 bits per heavy atom. The van der Waals surface area contributed by atoms with Crippen LogP contribution >= 0.6 is 0 Å². The first kappa shape index (κ1) is 19.9. The van der Waals surface area contributed by atoms with Crippen molar-refractivity contribution in [1.82, 2.24) is 5.32 Å². The van der Waals surface area contributed by atoms with Gasteiger partial charge in [-0.15, -0.1) is 0 Å². The van der Waals surface area contributed by atoms with Crippen molar-refractivity contribution < 1.29 is 31.5 Å². The highest BCUT2D eigenvalue weighted by molar-refractivity contribution is 5.98. The van der Waals surface area contributed by atoms with E-state index in [0.717, 1.165) is 5.56 Å². The fourth-order valence-corrected chi connectivity index (χ4v) is 2.73. The third kappa shape index (κ3) is 4.69. The van der Waals surface area contributed by atoms with Gasteiger partial charge in [0, 0.05) is 17.5 Å². The molecule has 0 aliphatic heterocycles. The van der Waals surface area contributed by atoms with E-state index >= 15 is 0 Å². The number of fused-ring (bicyclic) bond motifs is 1. The monoisotopic (exact) mass is 395 g/mol. The summed E-state index contributed by atoms with van der Waals surface area (Å²) in [6, 6.07) is 11.1. The second-order valence-corrected chi connectivity index (χ2v) is 6.28. The standard InChI is InChI=1S/C20H17F4NO3/c1-12-15-3-2-4-16(21)18(15)28-17(12)19(26)25-9-13-5-7-14(8-6-13)10-27-11-20(22,23)24/h2-8H,9-11H2,1H3,(H,25,26). The number of benzene rings is 2. The van der Waals surface area contributed by atoms with Gasteiger partial charge in [-0.05, 0) is 24.1 Å². The minimum atomic E-state index is -4.36. The van der Waals surface area contributed by atoms with Crippen LogP contribution in [0, 0.1) is 12.7 Å². The van der Waals surface area contributed by atoms with Crippen molar-refractivity contribution in [1.29, 1.82) is 0 Å². The van der Waals surface area contributed by atoms with Crippen LogP contribution in [-0.4, -0.2) is 18.7 Å². The van der Waals surface area contributed by atoms with Crippen LogP contribution in [0.2, 0.25) is 0 Å². The molecule has 4 nitrogen and oxygen atoms in total. The van der Waals surface area contributed by atoms with Crippen molar-refractivity contribution >= 4 is 16.9 Å². The lowest BCUT2D eigenvalue weighted by Crippen LogP contribution is -2.23. The van der Waals surface area contributed by atoms with E-state index in [1.807, 2.05) is 0 Å². The summed E-state index contributed by atoms with van der Waals surface area (Å²) in [6.07, 6.45) is -4.36. The van der Waals surface area contributed by atoms with E-state index in [0.29, 0.717) is 16.5 Å². The van der Waals surface area contributed by atoms with Gasteiger partial charge in [-0.3, -0.25) is 4.79 Å². The Bertz CT molecular complexity index is 978. The predicted octanol–water partition coefficient (Wildman–Crippen LogP) is 4.89. The fourth-order valence-electron chi connectivity index (χ4n) is 2.73. The number of carbonyl (C=O) groups excluding carboxylic acids is 1. The van der Waals surface area contributed by atoms with Crippen molar-refractivity contribution in [3.63, 3.8) is 0 Å². The summed E-state index contributed by atoms with van der Waals surface area (Å²) in [5, 5.41) is 3.22. The van der Waals surface area contributed by atoms with E-state index in [-0.39, 0.29) is 24.5 Å². The Morgan fingerprint density at radius 1 is 1.11 bits per heavy atom. The number of rotatable bonds is 6. The maximum absolute atomic E-state index is 13.8.